The molecule has 7 nitrogen and oxygen atoms in total. The van der Waals surface area contributed by atoms with Crippen molar-refractivity contribution in [1.29, 1.82) is 0 Å². The number of carbonyl (C=O) groups excluding carboxylic acids is 1. The summed E-state index contributed by atoms with van der Waals surface area (Å²) in [4.78, 5) is 19.8. The van der Waals surface area contributed by atoms with Crippen LogP contribution in [0.1, 0.15) is 20.8 Å². The molecule has 1 rings (SSSR count). The molecule has 1 aromatic rings. The van der Waals surface area contributed by atoms with Crippen LogP contribution in [0.4, 0.5) is 10.6 Å². The second-order valence-corrected chi connectivity index (χ2v) is 4.72. The van der Waals surface area contributed by atoms with Gasteiger partial charge < -0.3 is 25.3 Å². The summed E-state index contributed by atoms with van der Waals surface area (Å²) in [5, 5.41) is 10.9. The molecule has 1 aromatic heterocycles. The number of hydrogen-bond acceptors (Lipinski definition) is 6. The van der Waals surface area contributed by atoms with Crippen LogP contribution in [0.15, 0.2) is 12.4 Å². The molecule has 0 spiro atoms. The lowest BCUT2D eigenvalue weighted by Gasteiger charge is -2.37. The van der Waals surface area contributed by atoms with Crippen LogP contribution in [-0.4, -0.2) is 39.7 Å². The Morgan fingerprint density at radius 1 is 1.44 bits per heavy atom. The topological polar surface area (TPSA) is 104 Å². The average molecular weight is 253 g/mol. The molecular formula is C11H17N4O3-. The van der Waals surface area contributed by atoms with Crippen molar-refractivity contribution in [3.8, 4) is 5.88 Å². The normalized spacial score (nSPS) is 11.1. The molecule has 0 fully saturated rings. The van der Waals surface area contributed by atoms with Gasteiger partial charge >= 0.3 is 0 Å². The van der Waals surface area contributed by atoms with E-state index in [1.54, 1.807) is 20.8 Å². The van der Waals surface area contributed by atoms with Crippen molar-refractivity contribution in [2.45, 2.75) is 26.3 Å². The minimum atomic E-state index is -1.23. The third-order valence-corrected chi connectivity index (χ3v) is 2.24. The first-order valence-corrected chi connectivity index (χ1v) is 5.49. The number of carboxylic acid groups (broad SMARTS) is 1. The molecule has 0 saturated carbocycles. The van der Waals surface area contributed by atoms with Crippen molar-refractivity contribution >= 4 is 11.9 Å². The number of amides is 1. The summed E-state index contributed by atoms with van der Waals surface area (Å²) in [5.74, 6) is 0.602. The van der Waals surface area contributed by atoms with Crippen LogP contribution in [0.5, 0.6) is 5.88 Å². The van der Waals surface area contributed by atoms with Gasteiger partial charge in [0.25, 0.3) is 0 Å². The molecule has 0 radical (unpaired) electrons. The van der Waals surface area contributed by atoms with Crippen molar-refractivity contribution in [3.63, 3.8) is 0 Å². The smallest absolute Gasteiger partial charge is 0.232 e. The van der Waals surface area contributed by atoms with E-state index in [0.29, 0.717) is 11.7 Å². The van der Waals surface area contributed by atoms with Gasteiger partial charge in [-0.2, -0.15) is 0 Å². The number of nitrogens with zero attached hydrogens (tertiary/aromatic N) is 3. The number of carbonyl (C=O) groups is 1. The Bertz CT molecular complexity index is 400. The Hall–Kier alpha value is -2.05. The molecule has 1 heterocycles. The second kappa shape index (κ2) is 5.52. The van der Waals surface area contributed by atoms with E-state index in [2.05, 4.69) is 9.97 Å². The van der Waals surface area contributed by atoms with Gasteiger partial charge in [-0.3, -0.25) is 0 Å². The number of rotatable bonds is 4. The van der Waals surface area contributed by atoms with E-state index in [9.17, 15) is 9.90 Å². The van der Waals surface area contributed by atoms with Gasteiger partial charge in [0, 0.05) is 5.54 Å². The van der Waals surface area contributed by atoms with Gasteiger partial charge in [-0.25, -0.2) is 9.97 Å². The Morgan fingerprint density at radius 2 is 2.11 bits per heavy atom. The Labute approximate surface area is 106 Å². The fourth-order valence-corrected chi connectivity index (χ4v) is 1.34. The molecule has 1 amide bonds. The summed E-state index contributed by atoms with van der Waals surface area (Å²) >= 11 is 0. The van der Waals surface area contributed by atoms with E-state index in [0.717, 1.165) is 0 Å². The van der Waals surface area contributed by atoms with Gasteiger partial charge in [0.2, 0.25) is 5.88 Å². The Morgan fingerprint density at radius 3 is 2.56 bits per heavy atom. The maximum Gasteiger partial charge on any atom is 0.232 e. The lowest BCUT2D eigenvalue weighted by molar-refractivity contribution is -0.270. The summed E-state index contributed by atoms with van der Waals surface area (Å²) in [5.41, 5.74) is 4.84. The summed E-state index contributed by atoms with van der Waals surface area (Å²) < 4.78 is 5.27. The molecule has 0 bridgehead atoms. The van der Waals surface area contributed by atoms with Gasteiger partial charge in [0.15, 0.2) is 0 Å². The number of nitrogen functional groups attached to an aromatic ring is 1. The zero-order chi connectivity index (χ0) is 13.8. The summed E-state index contributed by atoms with van der Waals surface area (Å²) in [6.07, 6.45) is 1.53. The first-order valence-electron chi connectivity index (χ1n) is 5.49. The van der Waals surface area contributed by atoms with Gasteiger partial charge in [-0.05, 0) is 20.8 Å². The van der Waals surface area contributed by atoms with E-state index >= 15 is 0 Å². The summed E-state index contributed by atoms with van der Waals surface area (Å²) in [7, 11) is 0. The van der Waals surface area contributed by atoms with E-state index in [4.69, 9.17) is 10.5 Å². The largest absolute Gasteiger partial charge is 0.530 e. The molecule has 100 valence electrons. The van der Waals surface area contributed by atoms with Crippen molar-refractivity contribution in [1.82, 2.24) is 14.9 Å². The number of hydrogen-bond donors (Lipinski definition) is 1. The minimum absolute atomic E-state index is 0.170. The lowest BCUT2D eigenvalue weighted by atomic mass is 10.1. The van der Waals surface area contributed by atoms with Crippen LogP contribution in [0, 0.1) is 0 Å². The Kier molecular flexibility index (Phi) is 4.30. The molecule has 0 unspecified atom stereocenters. The molecule has 18 heavy (non-hydrogen) atoms. The SMILES string of the molecule is CC(C)(C)N(CCOc1cnc(N)cn1)C(=O)[O-]. The van der Waals surface area contributed by atoms with Crippen LogP contribution >= 0.6 is 0 Å². The predicted molar refractivity (Wildman–Crippen MR) is 63.8 cm³/mol. The summed E-state index contributed by atoms with van der Waals surface area (Å²) in [6, 6.07) is 0. The van der Waals surface area contributed by atoms with E-state index in [1.165, 1.54) is 17.3 Å². The van der Waals surface area contributed by atoms with Crippen molar-refractivity contribution in [2.24, 2.45) is 0 Å². The molecular weight excluding hydrogens is 236 g/mol. The van der Waals surface area contributed by atoms with Gasteiger partial charge in [0.05, 0.1) is 18.9 Å². The number of ether oxygens (including phenoxy) is 1. The zero-order valence-corrected chi connectivity index (χ0v) is 10.7. The maximum absolute atomic E-state index is 10.9. The molecule has 0 aromatic carbocycles. The first kappa shape index (κ1) is 14.0. The van der Waals surface area contributed by atoms with Crippen LogP contribution in [-0.2, 0) is 0 Å². The Balaban J connectivity index is 2.49. The molecule has 0 atom stereocenters. The minimum Gasteiger partial charge on any atom is -0.530 e. The van der Waals surface area contributed by atoms with Gasteiger partial charge in [-0.15, -0.1) is 0 Å². The highest BCUT2D eigenvalue weighted by Crippen LogP contribution is 2.12. The van der Waals surface area contributed by atoms with Crippen LogP contribution < -0.4 is 15.6 Å². The lowest BCUT2D eigenvalue weighted by Crippen LogP contribution is -2.53. The van der Waals surface area contributed by atoms with Gasteiger partial charge in [-0.1, -0.05) is 0 Å². The third kappa shape index (κ3) is 4.08. The van der Waals surface area contributed by atoms with Crippen LogP contribution in [0.2, 0.25) is 0 Å². The standard InChI is InChI=1S/C11H18N4O3/c1-11(2,3)15(10(16)17)4-5-18-9-7-13-8(12)6-14-9/h6-7H,4-5H2,1-3H3,(H2,12,13)(H,16,17)/p-1. The van der Waals surface area contributed by atoms with Crippen molar-refractivity contribution in [3.05, 3.63) is 12.4 Å². The quantitative estimate of drug-likeness (QED) is 0.802. The van der Waals surface area contributed by atoms with Crippen LogP contribution in [0.3, 0.4) is 0 Å². The third-order valence-electron chi connectivity index (χ3n) is 2.24. The fourth-order valence-electron chi connectivity index (χ4n) is 1.34. The van der Waals surface area contributed by atoms with Crippen molar-refractivity contribution < 1.29 is 14.6 Å². The molecule has 7 heteroatoms. The van der Waals surface area contributed by atoms with E-state index in [-0.39, 0.29) is 13.2 Å². The molecule has 0 aliphatic carbocycles. The number of aromatic nitrogens is 2. The number of anilines is 1. The zero-order valence-electron chi connectivity index (χ0n) is 10.7. The average Bonchev–Trinajstić information content (AvgIpc) is 2.24. The monoisotopic (exact) mass is 253 g/mol. The summed E-state index contributed by atoms with van der Waals surface area (Å²) in [6.45, 7) is 5.71. The fraction of sp³-hybridized carbons (Fsp3) is 0.545. The highest BCUT2D eigenvalue weighted by Gasteiger charge is 2.20. The molecule has 0 aliphatic heterocycles. The van der Waals surface area contributed by atoms with Crippen LogP contribution in [0.25, 0.3) is 0 Å². The molecule has 0 aliphatic rings. The second-order valence-electron chi connectivity index (χ2n) is 4.72. The maximum atomic E-state index is 10.9. The van der Waals surface area contributed by atoms with Gasteiger partial charge in [0.1, 0.15) is 18.5 Å². The highest BCUT2D eigenvalue weighted by molar-refractivity contribution is 5.63. The molecule has 2 N–H and O–H groups in total. The van der Waals surface area contributed by atoms with E-state index < -0.39 is 11.6 Å². The van der Waals surface area contributed by atoms with E-state index in [1.807, 2.05) is 0 Å². The highest BCUT2D eigenvalue weighted by atomic mass is 16.5. The van der Waals surface area contributed by atoms with Crippen molar-refractivity contribution in [2.75, 3.05) is 18.9 Å². The number of nitrogens with two attached hydrogens (primary N) is 1. The molecule has 0 saturated heterocycles. The predicted octanol–water partition coefficient (Wildman–Crippen LogP) is -0.119. The first-order chi connectivity index (χ1) is 8.30.